The predicted molar refractivity (Wildman–Crippen MR) is 96.8 cm³/mol. The quantitative estimate of drug-likeness (QED) is 0.710. The highest BCUT2D eigenvalue weighted by Gasteiger charge is 2.29. The maximum absolute atomic E-state index is 13.1. The molecule has 0 radical (unpaired) electrons. The fourth-order valence-corrected chi connectivity index (χ4v) is 3.43. The minimum Gasteiger partial charge on any atom is -0.350 e. The molecule has 1 unspecified atom stereocenters. The fraction of sp³-hybridized carbons (Fsp3) is 0.316. The number of halogens is 1. The van der Waals surface area contributed by atoms with Crippen molar-refractivity contribution >= 4 is 17.4 Å². The van der Waals surface area contributed by atoms with Crippen molar-refractivity contribution in [2.24, 2.45) is 0 Å². The molecular weight excluding hydrogens is 333 g/mol. The second kappa shape index (κ2) is 6.40. The van der Waals surface area contributed by atoms with Gasteiger partial charge in [-0.25, -0.2) is 14.4 Å². The summed E-state index contributed by atoms with van der Waals surface area (Å²) in [4.78, 5) is 25.4. The topological polar surface area (TPSA) is 53.7 Å². The predicted octanol–water partition coefficient (Wildman–Crippen LogP) is 2.53. The molecule has 1 amide bonds. The molecule has 26 heavy (non-hydrogen) atoms. The van der Waals surface area contributed by atoms with Gasteiger partial charge in [0.2, 0.25) is 0 Å². The van der Waals surface area contributed by atoms with Crippen LogP contribution in [-0.4, -0.2) is 50.9 Å². The van der Waals surface area contributed by atoms with Crippen LogP contribution in [0.25, 0.3) is 5.65 Å². The molecule has 0 spiro atoms. The average molecular weight is 353 g/mol. The van der Waals surface area contributed by atoms with E-state index in [1.807, 2.05) is 41.3 Å². The fourth-order valence-electron chi connectivity index (χ4n) is 3.43. The number of carbonyl (C=O) groups excluding carboxylic acids is 1. The van der Waals surface area contributed by atoms with Crippen molar-refractivity contribution in [1.29, 1.82) is 0 Å². The van der Waals surface area contributed by atoms with Crippen LogP contribution in [0.5, 0.6) is 0 Å². The van der Waals surface area contributed by atoms with E-state index in [1.54, 1.807) is 12.3 Å². The minimum absolute atomic E-state index is 0.0633. The number of aromatic nitrogens is 3. The maximum atomic E-state index is 13.1. The lowest BCUT2D eigenvalue weighted by Gasteiger charge is -2.40. The summed E-state index contributed by atoms with van der Waals surface area (Å²) < 4.78 is 15.0. The van der Waals surface area contributed by atoms with Crippen LogP contribution >= 0.6 is 0 Å². The molecule has 1 saturated heterocycles. The molecule has 0 N–H and O–H groups in total. The molecule has 3 aromatic heterocycles. The van der Waals surface area contributed by atoms with Crippen LogP contribution in [0.15, 0.2) is 42.7 Å². The number of fused-ring (bicyclic) bond motifs is 1. The zero-order valence-corrected chi connectivity index (χ0v) is 14.8. The summed E-state index contributed by atoms with van der Waals surface area (Å²) in [5.41, 5.74) is 2.27. The third-order valence-corrected chi connectivity index (χ3v) is 4.84. The molecule has 0 saturated carbocycles. The van der Waals surface area contributed by atoms with Crippen molar-refractivity contribution in [3.8, 4) is 0 Å². The molecule has 4 heterocycles. The number of piperazine rings is 1. The second-order valence-electron chi connectivity index (χ2n) is 6.65. The molecule has 0 aliphatic carbocycles. The third kappa shape index (κ3) is 2.89. The number of amides is 1. The summed E-state index contributed by atoms with van der Waals surface area (Å²) in [5.74, 6) is 0.318. The zero-order valence-electron chi connectivity index (χ0n) is 14.8. The lowest BCUT2D eigenvalue weighted by atomic mass is 10.1. The largest absolute Gasteiger partial charge is 0.350 e. The molecule has 4 rings (SSSR count). The molecule has 1 fully saturated rings. The lowest BCUT2D eigenvalue weighted by molar-refractivity contribution is 0.0721. The summed E-state index contributed by atoms with van der Waals surface area (Å²) in [6.45, 7) is 5.83. The van der Waals surface area contributed by atoms with Gasteiger partial charge in [-0.2, -0.15) is 0 Å². The number of hydrogen-bond acceptors (Lipinski definition) is 4. The van der Waals surface area contributed by atoms with E-state index in [9.17, 15) is 9.18 Å². The molecule has 1 aliphatic heterocycles. The van der Waals surface area contributed by atoms with Crippen molar-refractivity contribution in [2.75, 3.05) is 24.5 Å². The van der Waals surface area contributed by atoms with Crippen LogP contribution in [0.1, 0.15) is 23.1 Å². The van der Waals surface area contributed by atoms with Gasteiger partial charge in [0.1, 0.15) is 23.0 Å². The number of aryl methyl sites for hydroxylation is 1. The number of nitrogens with zero attached hydrogens (tertiary/aromatic N) is 5. The normalized spacial score (nSPS) is 17.7. The Morgan fingerprint density at radius 1 is 1.23 bits per heavy atom. The van der Waals surface area contributed by atoms with E-state index in [-0.39, 0.29) is 17.8 Å². The summed E-state index contributed by atoms with van der Waals surface area (Å²) in [7, 11) is 0. The summed E-state index contributed by atoms with van der Waals surface area (Å²) in [5, 5.41) is 0. The van der Waals surface area contributed by atoms with E-state index in [2.05, 4.69) is 14.9 Å². The van der Waals surface area contributed by atoms with Crippen molar-refractivity contribution in [1.82, 2.24) is 19.3 Å². The van der Waals surface area contributed by atoms with Crippen molar-refractivity contribution in [3.63, 3.8) is 0 Å². The Balaban J connectivity index is 1.51. The minimum atomic E-state index is -0.350. The Morgan fingerprint density at radius 2 is 2.08 bits per heavy atom. The van der Waals surface area contributed by atoms with Gasteiger partial charge in [-0.1, -0.05) is 6.07 Å². The molecule has 1 atom stereocenters. The molecule has 0 bridgehead atoms. The van der Waals surface area contributed by atoms with E-state index < -0.39 is 0 Å². The molecular formula is C19H20FN5O. The van der Waals surface area contributed by atoms with Crippen molar-refractivity contribution < 1.29 is 9.18 Å². The van der Waals surface area contributed by atoms with Crippen LogP contribution in [0.4, 0.5) is 10.2 Å². The van der Waals surface area contributed by atoms with E-state index in [0.717, 1.165) is 17.2 Å². The van der Waals surface area contributed by atoms with Gasteiger partial charge in [-0.15, -0.1) is 0 Å². The van der Waals surface area contributed by atoms with Gasteiger partial charge in [0, 0.05) is 37.6 Å². The van der Waals surface area contributed by atoms with Crippen molar-refractivity contribution in [3.05, 3.63) is 59.9 Å². The highest BCUT2D eigenvalue weighted by atomic mass is 19.1. The highest BCUT2D eigenvalue weighted by molar-refractivity contribution is 5.93. The first kappa shape index (κ1) is 16.5. The smallest absolute Gasteiger partial charge is 0.274 e. The molecule has 134 valence electrons. The lowest BCUT2D eigenvalue weighted by Crippen LogP contribution is -2.54. The number of imidazole rings is 1. The summed E-state index contributed by atoms with van der Waals surface area (Å²) >= 11 is 0. The summed E-state index contributed by atoms with van der Waals surface area (Å²) in [6, 6.07) is 8.98. The second-order valence-corrected chi connectivity index (χ2v) is 6.65. The maximum Gasteiger partial charge on any atom is 0.274 e. The van der Waals surface area contributed by atoms with Gasteiger partial charge in [0.05, 0.1) is 6.20 Å². The monoisotopic (exact) mass is 353 g/mol. The average Bonchev–Trinajstić information content (AvgIpc) is 3.08. The highest BCUT2D eigenvalue weighted by Crippen LogP contribution is 2.20. The Morgan fingerprint density at radius 3 is 2.77 bits per heavy atom. The van der Waals surface area contributed by atoms with E-state index in [0.29, 0.717) is 25.3 Å². The first-order chi connectivity index (χ1) is 12.5. The Labute approximate surface area is 150 Å². The van der Waals surface area contributed by atoms with Gasteiger partial charge in [-0.3, -0.25) is 4.79 Å². The number of carbonyl (C=O) groups is 1. The standard InChI is InChI=1S/C19H20FN5O/c1-13-4-3-5-18-22-16(12-25(13)18)19(26)23-8-9-24(14(2)11-23)17-7-6-15(20)10-21-17/h3-7,10,12,14H,8-9,11H2,1-2H3. The van der Waals surface area contributed by atoms with Crippen LogP contribution in [-0.2, 0) is 0 Å². The molecule has 3 aromatic rings. The SMILES string of the molecule is Cc1cccc2nc(C(=O)N3CCN(c4ccc(F)cn4)C(C)C3)cn12. The molecule has 1 aliphatic rings. The first-order valence-corrected chi connectivity index (χ1v) is 8.65. The third-order valence-electron chi connectivity index (χ3n) is 4.84. The van der Waals surface area contributed by atoms with Gasteiger partial charge in [-0.05, 0) is 38.1 Å². The first-order valence-electron chi connectivity index (χ1n) is 8.65. The van der Waals surface area contributed by atoms with Crippen LogP contribution in [0, 0.1) is 12.7 Å². The zero-order chi connectivity index (χ0) is 18.3. The van der Waals surface area contributed by atoms with Crippen molar-refractivity contribution in [2.45, 2.75) is 19.9 Å². The van der Waals surface area contributed by atoms with E-state index in [4.69, 9.17) is 0 Å². The van der Waals surface area contributed by atoms with Crippen LogP contribution in [0.3, 0.4) is 0 Å². The number of anilines is 1. The van der Waals surface area contributed by atoms with Gasteiger partial charge >= 0.3 is 0 Å². The number of rotatable bonds is 2. The number of hydrogen-bond donors (Lipinski definition) is 0. The molecule has 7 heteroatoms. The Kier molecular flexibility index (Phi) is 4.06. The van der Waals surface area contributed by atoms with Gasteiger partial charge in [0.15, 0.2) is 0 Å². The molecule has 6 nitrogen and oxygen atoms in total. The molecule has 0 aromatic carbocycles. The Bertz CT molecular complexity index is 952. The van der Waals surface area contributed by atoms with Gasteiger partial charge in [0.25, 0.3) is 5.91 Å². The van der Waals surface area contributed by atoms with Crippen LogP contribution < -0.4 is 4.90 Å². The summed E-state index contributed by atoms with van der Waals surface area (Å²) in [6.07, 6.45) is 3.02. The van der Waals surface area contributed by atoms with E-state index >= 15 is 0 Å². The number of pyridine rings is 2. The van der Waals surface area contributed by atoms with Crippen LogP contribution in [0.2, 0.25) is 0 Å². The van der Waals surface area contributed by atoms with E-state index in [1.165, 1.54) is 12.3 Å². The van der Waals surface area contributed by atoms with Gasteiger partial charge < -0.3 is 14.2 Å². The Hall–Kier alpha value is -2.96.